The molecule has 3 rings (SSSR count). The monoisotopic (exact) mass is 416 g/mol. The minimum Gasteiger partial charge on any atom is -0.488 e. The van der Waals surface area contributed by atoms with Gasteiger partial charge in [0.15, 0.2) is 5.13 Å². The van der Waals surface area contributed by atoms with Crippen molar-refractivity contribution < 1.29 is 9.53 Å². The van der Waals surface area contributed by atoms with Crippen LogP contribution in [0.3, 0.4) is 0 Å². The van der Waals surface area contributed by atoms with Crippen LogP contribution < -0.4 is 10.1 Å². The molecule has 1 atom stereocenters. The fraction of sp³-hybridized carbons (Fsp3) is 0.400. The standard InChI is InChI=1S/C20H24N4O2S2/c1-4-16-17(11-26-15-7-5-14(6-8-15)13(2)3)23-24-19(16)28-12-18(25)22-20-21-9-10-27-20/h5-10,13,16H,4,11-12H2,1-3H3,(H,21,22,25). The zero-order valence-corrected chi connectivity index (χ0v) is 17.8. The van der Waals surface area contributed by atoms with Gasteiger partial charge in [-0.2, -0.15) is 5.10 Å². The van der Waals surface area contributed by atoms with Gasteiger partial charge < -0.3 is 10.1 Å². The summed E-state index contributed by atoms with van der Waals surface area (Å²) >= 11 is 2.82. The van der Waals surface area contributed by atoms with Gasteiger partial charge in [0.2, 0.25) is 5.91 Å². The normalized spacial score (nSPS) is 16.1. The number of hydrogen-bond donors (Lipinski definition) is 1. The van der Waals surface area contributed by atoms with Gasteiger partial charge in [-0.15, -0.1) is 16.4 Å². The molecule has 0 saturated carbocycles. The van der Waals surface area contributed by atoms with Crippen LogP contribution in [0.4, 0.5) is 5.13 Å². The summed E-state index contributed by atoms with van der Waals surface area (Å²) < 4.78 is 5.90. The highest BCUT2D eigenvalue weighted by Gasteiger charge is 2.27. The largest absolute Gasteiger partial charge is 0.488 e. The Morgan fingerprint density at radius 3 is 2.71 bits per heavy atom. The molecule has 1 aromatic heterocycles. The molecule has 0 radical (unpaired) electrons. The van der Waals surface area contributed by atoms with Crippen LogP contribution in [0.5, 0.6) is 5.75 Å². The van der Waals surface area contributed by atoms with E-state index in [9.17, 15) is 4.79 Å². The fourth-order valence-corrected chi connectivity index (χ4v) is 4.25. The predicted octanol–water partition coefficient (Wildman–Crippen LogP) is 4.81. The summed E-state index contributed by atoms with van der Waals surface area (Å²) in [6, 6.07) is 8.16. The Bertz CT molecular complexity index is 846. The van der Waals surface area contributed by atoms with Gasteiger partial charge in [0.05, 0.1) is 17.4 Å². The van der Waals surface area contributed by atoms with Crippen molar-refractivity contribution in [2.45, 2.75) is 33.1 Å². The van der Waals surface area contributed by atoms with Crippen molar-refractivity contribution >= 4 is 44.9 Å². The summed E-state index contributed by atoms with van der Waals surface area (Å²) in [4.78, 5) is 16.1. The van der Waals surface area contributed by atoms with Crippen LogP contribution in [0.2, 0.25) is 0 Å². The highest BCUT2D eigenvalue weighted by Crippen LogP contribution is 2.25. The first-order chi connectivity index (χ1) is 13.6. The van der Waals surface area contributed by atoms with Gasteiger partial charge in [-0.1, -0.05) is 44.7 Å². The molecule has 2 aromatic rings. The molecule has 0 spiro atoms. The van der Waals surface area contributed by atoms with Crippen LogP contribution in [0, 0.1) is 5.92 Å². The van der Waals surface area contributed by atoms with E-state index < -0.39 is 0 Å². The molecular formula is C20H24N4O2S2. The molecule has 1 amide bonds. The summed E-state index contributed by atoms with van der Waals surface area (Å²) in [6.45, 7) is 6.83. The Morgan fingerprint density at radius 2 is 2.07 bits per heavy atom. The quantitative estimate of drug-likeness (QED) is 0.670. The first kappa shape index (κ1) is 20.5. The second kappa shape index (κ2) is 9.84. The summed E-state index contributed by atoms with van der Waals surface area (Å²) in [6.07, 6.45) is 2.53. The number of thioether (sulfide) groups is 1. The third-order valence-electron chi connectivity index (χ3n) is 4.35. The number of aromatic nitrogens is 1. The average Bonchev–Trinajstić information content (AvgIpc) is 3.34. The van der Waals surface area contributed by atoms with Gasteiger partial charge >= 0.3 is 0 Å². The lowest BCUT2D eigenvalue weighted by Crippen LogP contribution is -2.24. The summed E-state index contributed by atoms with van der Waals surface area (Å²) in [5, 5.41) is 14.7. The predicted molar refractivity (Wildman–Crippen MR) is 118 cm³/mol. The molecule has 8 heteroatoms. The van der Waals surface area contributed by atoms with E-state index in [0.717, 1.165) is 22.9 Å². The molecule has 2 heterocycles. The average molecular weight is 417 g/mol. The molecule has 1 aliphatic rings. The third-order valence-corrected chi connectivity index (χ3v) is 6.11. The Kier molecular flexibility index (Phi) is 7.22. The van der Waals surface area contributed by atoms with E-state index in [1.54, 1.807) is 6.20 Å². The highest BCUT2D eigenvalue weighted by molar-refractivity contribution is 8.14. The Labute approximate surface area is 173 Å². The van der Waals surface area contributed by atoms with Gasteiger partial charge in [-0.25, -0.2) is 4.98 Å². The summed E-state index contributed by atoms with van der Waals surface area (Å²) in [5.41, 5.74) is 2.19. The molecular weight excluding hydrogens is 392 g/mol. The van der Waals surface area contributed by atoms with E-state index >= 15 is 0 Å². The number of nitrogens with one attached hydrogen (secondary N) is 1. The molecule has 1 aliphatic heterocycles. The molecule has 0 bridgehead atoms. The maximum atomic E-state index is 12.0. The van der Waals surface area contributed by atoms with Crippen LogP contribution in [0.15, 0.2) is 46.0 Å². The smallest absolute Gasteiger partial charge is 0.236 e. The first-order valence-electron chi connectivity index (χ1n) is 9.26. The number of ether oxygens (including phenoxy) is 1. The maximum absolute atomic E-state index is 12.0. The van der Waals surface area contributed by atoms with Crippen molar-refractivity contribution in [1.29, 1.82) is 0 Å². The number of rotatable bonds is 8. The second-order valence-electron chi connectivity index (χ2n) is 6.68. The Balaban J connectivity index is 1.47. The van der Waals surface area contributed by atoms with E-state index in [2.05, 4.69) is 53.4 Å². The van der Waals surface area contributed by atoms with Crippen molar-refractivity contribution in [1.82, 2.24) is 4.98 Å². The minimum atomic E-state index is -0.0903. The minimum absolute atomic E-state index is 0.0903. The van der Waals surface area contributed by atoms with E-state index in [-0.39, 0.29) is 17.6 Å². The number of carbonyl (C=O) groups is 1. The summed E-state index contributed by atoms with van der Waals surface area (Å²) in [5.74, 6) is 1.62. The van der Waals surface area contributed by atoms with Gasteiger partial charge in [0, 0.05) is 11.6 Å². The van der Waals surface area contributed by atoms with E-state index in [1.165, 1.54) is 28.7 Å². The topological polar surface area (TPSA) is 75.9 Å². The van der Waals surface area contributed by atoms with E-state index in [1.807, 2.05) is 17.5 Å². The zero-order valence-electron chi connectivity index (χ0n) is 16.2. The third kappa shape index (κ3) is 5.42. The number of nitrogens with zero attached hydrogens (tertiary/aromatic N) is 3. The van der Waals surface area contributed by atoms with Crippen molar-refractivity contribution in [3.05, 3.63) is 41.4 Å². The van der Waals surface area contributed by atoms with Crippen molar-refractivity contribution in [2.75, 3.05) is 17.7 Å². The second-order valence-corrected chi connectivity index (χ2v) is 8.57. The van der Waals surface area contributed by atoms with Crippen molar-refractivity contribution in [2.24, 2.45) is 16.1 Å². The maximum Gasteiger partial charge on any atom is 0.236 e. The highest BCUT2D eigenvalue weighted by atomic mass is 32.2. The van der Waals surface area contributed by atoms with Crippen LogP contribution in [-0.4, -0.2) is 34.0 Å². The lowest BCUT2D eigenvalue weighted by atomic mass is 10.0. The lowest BCUT2D eigenvalue weighted by molar-refractivity contribution is -0.113. The molecule has 1 N–H and O–H groups in total. The van der Waals surface area contributed by atoms with Gasteiger partial charge in [0.1, 0.15) is 17.4 Å². The van der Waals surface area contributed by atoms with Crippen molar-refractivity contribution in [3.8, 4) is 5.75 Å². The lowest BCUT2D eigenvalue weighted by Gasteiger charge is -2.14. The molecule has 0 aliphatic carbocycles. The van der Waals surface area contributed by atoms with Gasteiger partial charge in [-0.3, -0.25) is 4.79 Å². The number of amides is 1. The number of thiazole rings is 1. The Hall–Kier alpha value is -2.19. The molecule has 148 valence electrons. The summed E-state index contributed by atoms with van der Waals surface area (Å²) in [7, 11) is 0. The molecule has 0 saturated heterocycles. The van der Waals surface area contributed by atoms with Crippen LogP contribution in [-0.2, 0) is 4.79 Å². The number of anilines is 1. The van der Waals surface area contributed by atoms with Crippen LogP contribution in [0.1, 0.15) is 38.7 Å². The van der Waals surface area contributed by atoms with Gasteiger partial charge in [-0.05, 0) is 30.0 Å². The fourth-order valence-electron chi connectivity index (χ4n) is 2.75. The number of benzene rings is 1. The molecule has 6 nitrogen and oxygen atoms in total. The number of carbonyl (C=O) groups excluding carboxylic acids is 1. The molecule has 1 unspecified atom stereocenters. The zero-order chi connectivity index (χ0) is 19.9. The van der Waals surface area contributed by atoms with Gasteiger partial charge in [0.25, 0.3) is 0 Å². The molecule has 28 heavy (non-hydrogen) atoms. The number of hydrogen-bond acceptors (Lipinski definition) is 7. The first-order valence-corrected chi connectivity index (χ1v) is 11.1. The molecule has 0 fully saturated rings. The molecule has 1 aromatic carbocycles. The van der Waals surface area contributed by atoms with E-state index in [0.29, 0.717) is 17.7 Å². The van der Waals surface area contributed by atoms with Crippen LogP contribution >= 0.6 is 23.1 Å². The van der Waals surface area contributed by atoms with Crippen molar-refractivity contribution in [3.63, 3.8) is 0 Å². The SMILES string of the molecule is CCC1C(COc2ccc(C(C)C)cc2)=NN=C1SCC(=O)Nc1nccs1. The van der Waals surface area contributed by atoms with Crippen LogP contribution in [0.25, 0.3) is 0 Å². The van der Waals surface area contributed by atoms with E-state index in [4.69, 9.17) is 4.74 Å². The Morgan fingerprint density at radius 1 is 1.29 bits per heavy atom.